The van der Waals surface area contributed by atoms with Gasteiger partial charge in [-0.1, -0.05) is 32.6 Å². The van der Waals surface area contributed by atoms with Gasteiger partial charge in [0.25, 0.3) is 0 Å². The van der Waals surface area contributed by atoms with Gasteiger partial charge in [-0.25, -0.2) is 4.39 Å². The third kappa shape index (κ3) is 5.87. The molecule has 1 aliphatic carbocycles. The second kappa shape index (κ2) is 11.6. The predicted octanol–water partition coefficient (Wildman–Crippen LogP) is 4.65. The number of nitrogens with two attached hydrogens (primary N) is 1. The van der Waals surface area contributed by atoms with Gasteiger partial charge in [0.1, 0.15) is 0 Å². The summed E-state index contributed by atoms with van der Waals surface area (Å²) in [5, 5.41) is 7.04. The second-order valence-electron chi connectivity index (χ2n) is 9.42. The van der Waals surface area contributed by atoms with Crippen LogP contribution in [0.15, 0.2) is 18.2 Å². The summed E-state index contributed by atoms with van der Waals surface area (Å²) in [6.07, 6.45) is 10.5. The van der Waals surface area contributed by atoms with Crippen molar-refractivity contribution in [1.82, 2.24) is 20.3 Å². The zero-order valence-corrected chi connectivity index (χ0v) is 20.4. The molecule has 0 bridgehead atoms. The van der Waals surface area contributed by atoms with E-state index in [0.717, 1.165) is 38.8 Å². The standard InChI is InChI=1S/C25H38FN7O/c1-3-21(20-11-7-8-14-28-20)33(18-12-13-22(34-2)19(26)15-18)25-31-23(27)30-24(32-25)29-16-17-9-5-4-6-10-17/h12-13,15,17,20-21,28H,3-11,14,16H2,1-2H3,(H3,27,29,30,31,32). The van der Waals surface area contributed by atoms with E-state index in [1.807, 2.05) is 11.0 Å². The molecule has 4 rings (SSSR count). The molecular formula is C25H38FN7O. The van der Waals surface area contributed by atoms with Crippen LogP contribution in [0.5, 0.6) is 5.75 Å². The SMILES string of the molecule is CCC(C1CCCCN1)N(c1ccc(OC)c(F)c1)c1nc(N)nc(NCC2CCCCC2)n1. The minimum Gasteiger partial charge on any atom is -0.494 e. The average Bonchev–Trinajstić information content (AvgIpc) is 2.86. The van der Waals surface area contributed by atoms with Gasteiger partial charge in [0.2, 0.25) is 17.8 Å². The minimum absolute atomic E-state index is 0.0288. The quantitative estimate of drug-likeness (QED) is 0.486. The van der Waals surface area contributed by atoms with Crippen molar-refractivity contribution < 1.29 is 9.13 Å². The van der Waals surface area contributed by atoms with Crippen molar-refractivity contribution in [3.63, 3.8) is 0 Å². The van der Waals surface area contributed by atoms with Crippen molar-refractivity contribution in [2.45, 2.75) is 76.8 Å². The van der Waals surface area contributed by atoms with Crippen molar-refractivity contribution >= 4 is 23.5 Å². The Kier molecular flexibility index (Phi) is 8.37. The number of nitrogens with one attached hydrogen (secondary N) is 2. The molecule has 9 heteroatoms. The molecule has 0 radical (unpaired) electrons. The molecule has 2 fully saturated rings. The van der Waals surface area contributed by atoms with Crippen LogP contribution in [0.25, 0.3) is 0 Å². The van der Waals surface area contributed by atoms with Crippen molar-refractivity contribution in [3.8, 4) is 5.75 Å². The Bertz CT molecular complexity index is 931. The molecule has 186 valence electrons. The topological polar surface area (TPSA) is 101 Å². The molecule has 0 amide bonds. The van der Waals surface area contributed by atoms with Gasteiger partial charge < -0.3 is 26.0 Å². The lowest BCUT2D eigenvalue weighted by Crippen LogP contribution is -2.50. The number of benzene rings is 1. The van der Waals surface area contributed by atoms with Crippen LogP contribution in [0.3, 0.4) is 0 Å². The summed E-state index contributed by atoms with van der Waals surface area (Å²) >= 11 is 0. The first-order valence-corrected chi connectivity index (χ1v) is 12.7. The number of hydrogen-bond acceptors (Lipinski definition) is 8. The second-order valence-corrected chi connectivity index (χ2v) is 9.42. The highest BCUT2D eigenvalue weighted by atomic mass is 19.1. The molecule has 2 aliphatic rings. The number of halogens is 1. The number of nitrogen functional groups attached to an aromatic ring is 1. The first-order chi connectivity index (χ1) is 16.6. The summed E-state index contributed by atoms with van der Waals surface area (Å²) in [5.41, 5.74) is 6.81. The van der Waals surface area contributed by atoms with Crippen LogP contribution in [-0.2, 0) is 0 Å². The molecule has 1 aliphatic heterocycles. The summed E-state index contributed by atoms with van der Waals surface area (Å²) in [7, 11) is 1.47. The van der Waals surface area contributed by atoms with E-state index in [4.69, 9.17) is 15.5 Å². The van der Waals surface area contributed by atoms with Gasteiger partial charge in [-0.2, -0.15) is 15.0 Å². The highest BCUT2D eigenvalue weighted by molar-refractivity contribution is 5.61. The molecule has 1 saturated heterocycles. The summed E-state index contributed by atoms with van der Waals surface area (Å²) in [6.45, 7) is 3.93. The maximum atomic E-state index is 14.8. The third-order valence-corrected chi connectivity index (χ3v) is 7.11. The fourth-order valence-electron chi connectivity index (χ4n) is 5.31. The molecule has 8 nitrogen and oxygen atoms in total. The van der Waals surface area contributed by atoms with Crippen LogP contribution in [0, 0.1) is 11.7 Å². The van der Waals surface area contributed by atoms with Crippen LogP contribution >= 0.6 is 0 Å². The van der Waals surface area contributed by atoms with Gasteiger partial charge in [0.05, 0.1) is 13.2 Å². The van der Waals surface area contributed by atoms with Gasteiger partial charge in [-0.05, 0) is 56.7 Å². The highest BCUT2D eigenvalue weighted by Gasteiger charge is 2.31. The van der Waals surface area contributed by atoms with Crippen LogP contribution in [0.1, 0.15) is 64.7 Å². The largest absolute Gasteiger partial charge is 0.494 e. The Hall–Kier alpha value is -2.68. The Morgan fingerprint density at radius 1 is 1.15 bits per heavy atom. The number of anilines is 4. The van der Waals surface area contributed by atoms with Gasteiger partial charge in [0, 0.05) is 24.3 Å². The lowest BCUT2D eigenvalue weighted by Gasteiger charge is -2.39. The van der Waals surface area contributed by atoms with Gasteiger partial charge in [-0.3, -0.25) is 0 Å². The van der Waals surface area contributed by atoms with E-state index in [0.29, 0.717) is 23.5 Å². The fourth-order valence-corrected chi connectivity index (χ4v) is 5.31. The number of ether oxygens (including phenoxy) is 1. The molecule has 34 heavy (non-hydrogen) atoms. The van der Waals surface area contributed by atoms with E-state index < -0.39 is 5.82 Å². The Labute approximate surface area is 201 Å². The average molecular weight is 472 g/mol. The fraction of sp³-hybridized carbons (Fsp3) is 0.640. The summed E-state index contributed by atoms with van der Waals surface area (Å²) < 4.78 is 19.9. The number of rotatable bonds is 9. The van der Waals surface area contributed by atoms with Crippen LogP contribution in [-0.4, -0.2) is 47.2 Å². The van der Waals surface area contributed by atoms with E-state index in [9.17, 15) is 4.39 Å². The van der Waals surface area contributed by atoms with E-state index >= 15 is 0 Å². The van der Waals surface area contributed by atoms with Crippen molar-refractivity contribution in [2.75, 3.05) is 36.1 Å². The van der Waals surface area contributed by atoms with Crippen LogP contribution in [0.4, 0.5) is 27.9 Å². The van der Waals surface area contributed by atoms with Crippen molar-refractivity contribution in [3.05, 3.63) is 24.0 Å². The van der Waals surface area contributed by atoms with Gasteiger partial charge >= 0.3 is 0 Å². The third-order valence-electron chi connectivity index (χ3n) is 7.11. The molecule has 4 N–H and O–H groups in total. The smallest absolute Gasteiger partial charge is 0.236 e. The molecule has 0 spiro atoms. The molecule has 2 atom stereocenters. The molecule has 2 unspecified atom stereocenters. The van der Waals surface area contributed by atoms with Gasteiger partial charge in [-0.15, -0.1) is 0 Å². The van der Waals surface area contributed by atoms with E-state index in [1.165, 1.54) is 45.3 Å². The first-order valence-electron chi connectivity index (χ1n) is 12.7. The normalized spacial score (nSPS) is 20.0. The number of nitrogens with zero attached hydrogens (tertiary/aromatic N) is 4. The maximum Gasteiger partial charge on any atom is 0.236 e. The Balaban J connectivity index is 1.67. The summed E-state index contributed by atoms with van der Waals surface area (Å²) in [4.78, 5) is 15.6. The highest BCUT2D eigenvalue weighted by Crippen LogP contribution is 2.33. The van der Waals surface area contributed by atoms with Crippen LogP contribution in [0.2, 0.25) is 0 Å². The number of methoxy groups -OCH3 is 1. The van der Waals surface area contributed by atoms with Crippen molar-refractivity contribution in [2.24, 2.45) is 5.92 Å². The van der Waals surface area contributed by atoms with Crippen LogP contribution < -0.4 is 26.0 Å². The predicted molar refractivity (Wildman–Crippen MR) is 134 cm³/mol. The maximum absolute atomic E-state index is 14.8. The lowest BCUT2D eigenvalue weighted by molar-refractivity contribution is 0.340. The number of piperidine rings is 1. The zero-order valence-electron chi connectivity index (χ0n) is 20.4. The Morgan fingerprint density at radius 2 is 1.94 bits per heavy atom. The zero-order chi connectivity index (χ0) is 23.9. The van der Waals surface area contributed by atoms with Crippen molar-refractivity contribution in [1.29, 1.82) is 0 Å². The van der Waals surface area contributed by atoms with Gasteiger partial charge in [0.15, 0.2) is 11.6 Å². The van der Waals surface area contributed by atoms with E-state index in [2.05, 4.69) is 27.5 Å². The summed E-state index contributed by atoms with van der Waals surface area (Å²) in [5.74, 6) is 1.46. The molecule has 1 aromatic carbocycles. The first kappa shape index (κ1) is 24.4. The molecule has 1 aromatic heterocycles. The molecule has 2 aromatic rings. The Morgan fingerprint density at radius 3 is 2.62 bits per heavy atom. The van der Waals surface area contributed by atoms with E-state index in [-0.39, 0.29) is 23.8 Å². The lowest BCUT2D eigenvalue weighted by atomic mass is 9.89. The number of hydrogen-bond donors (Lipinski definition) is 3. The summed E-state index contributed by atoms with van der Waals surface area (Å²) in [6, 6.07) is 5.24. The molecule has 2 heterocycles. The van der Waals surface area contributed by atoms with E-state index in [1.54, 1.807) is 6.07 Å². The molecular weight excluding hydrogens is 433 g/mol. The minimum atomic E-state index is -0.422. The number of aromatic nitrogens is 3. The monoisotopic (exact) mass is 471 g/mol. The molecule has 1 saturated carbocycles.